The Bertz CT molecular complexity index is 1100. The largest absolute Gasteiger partial charge is 0.495 e. The van der Waals surface area contributed by atoms with Crippen LogP contribution in [0.25, 0.3) is 0 Å². The summed E-state index contributed by atoms with van der Waals surface area (Å²) in [7, 11) is -2.67. The van der Waals surface area contributed by atoms with Crippen LogP contribution in [0.4, 0.5) is 8.78 Å². The minimum atomic E-state index is -3.97. The highest BCUT2D eigenvalue weighted by Gasteiger charge is 2.27. The van der Waals surface area contributed by atoms with E-state index in [1.807, 2.05) is 0 Å². The van der Waals surface area contributed by atoms with Crippen LogP contribution >= 0.6 is 0 Å². The number of ether oxygens (including phenoxy) is 2. The Kier molecular flexibility index (Phi) is 7.01. The van der Waals surface area contributed by atoms with Gasteiger partial charge in [-0.2, -0.15) is 0 Å². The molecule has 3 rings (SSSR count). The van der Waals surface area contributed by atoms with Crippen LogP contribution in [0.5, 0.6) is 5.75 Å². The average molecular weight is 453 g/mol. The van der Waals surface area contributed by atoms with Gasteiger partial charge in [-0.15, -0.1) is 0 Å². The zero-order valence-electron chi connectivity index (χ0n) is 16.7. The van der Waals surface area contributed by atoms with E-state index in [-0.39, 0.29) is 22.3 Å². The molecule has 10 heteroatoms. The number of hydrogen-bond donors (Lipinski definition) is 1. The summed E-state index contributed by atoms with van der Waals surface area (Å²) in [6.07, 6.45) is 3.30. The lowest BCUT2D eigenvalue weighted by Crippen LogP contribution is -2.33. The fourth-order valence-electron chi connectivity index (χ4n) is 3.34. The maximum absolute atomic E-state index is 13.7. The molecule has 31 heavy (non-hydrogen) atoms. The first-order chi connectivity index (χ1) is 14.7. The first kappa shape index (κ1) is 22.8. The second-order valence-corrected chi connectivity index (χ2v) is 8.77. The lowest BCUT2D eigenvalue weighted by atomic mass is 10.1. The van der Waals surface area contributed by atoms with Crippen LogP contribution in [0.3, 0.4) is 0 Å². The Morgan fingerprint density at radius 2 is 1.81 bits per heavy atom. The van der Waals surface area contributed by atoms with Crippen molar-refractivity contribution in [3.05, 3.63) is 59.2 Å². The number of hydrogen-bond acceptors (Lipinski definition) is 6. The summed E-state index contributed by atoms with van der Waals surface area (Å²) in [5, 5.41) is 0. The summed E-state index contributed by atoms with van der Waals surface area (Å²) in [5.41, 5.74) is -0.688. The van der Waals surface area contributed by atoms with E-state index in [0.29, 0.717) is 6.07 Å². The highest BCUT2D eigenvalue weighted by atomic mass is 32.2. The van der Waals surface area contributed by atoms with Crippen LogP contribution in [0.15, 0.2) is 41.3 Å². The number of sulfonamides is 1. The molecule has 1 N–H and O–H groups in total. The number of carbonyl (C=O) groups is 2. The third kappa shape index (κ3) is 5.45. The Balaban J connectivity index is 1.76. The Hall–Kier alpha value is -2.85. The van der Waals surface area contributed by atoms with Crippen LogP contribution in [-0.2, 0) is 14.8 Å². The van der Waals surface area contributed by atoms with Crippen LogP contribution in [0.2, 0.25) is 0 Å². The van der Waals surface area contributed by atoms with Crippen molar-refractivity contribution in [1.29, 1.82) is 0 Å². The zero-order chi connectivity index (χ0) is 22.6. The van der Waals surface area contributed by atoms with E-state index < -0.39 is 45.6 Å². The van der Waals surface area contributed by atoms with E-state index in [4.69, 9.17) is 9.47 Å². The van der Waals surface area contributed by atoms with Gasteiger partial charge in [-0.1, -0.05) is 12.8 Å². The van der Waals surface area contributed by atoms with Crippen molar-refractivity contribution in [3.8, 4) is 5.75 Å². The number of methoxy groups -OCH3 is 1. The minimum absolute atomic E-state index is 0.0416. The van der Waals surface area contributed by atoms with Gasteiger partial charge in [-0.3, -0.25) is 4.79 Å². The molecule has 1 aliphatic rings. The standard InChI is InChI=1S/C21H21F2NO6S/c1-29-19-9-6-13(10-20(19)31(27,28)24-15-4-2-3-5-15)21(26)30-12-18(25)16-11-14(22)7-8-17(16)23/h6-11,15,24H,2-5,12H2,1H3. The van der Waals surface area contributed by atoms with Gasteiger partial charge in [0.05, 0.1) is 18.2 Å². The topological polar surface area (TPSA) is 98.8 Å². The normalized spacial score (nSPS) is 14.4. The van der Waals surface area contributed by atoms with E-state index in [9.17, 15) is 26.8 Å². The number of ketones is 1. The van der Waals surface area contributed by atoms with Crippen molar-refractivity contribution in [2.45, 2.75) is 36.6 Å². The summed E-state index contributed by atoms with van der Waals surface area (Å²) < 4.78 is 65.1. The summed E-state index contributed by atoms with van der Waals surface area (Å²) in [4.78, 5) is 24.2. The van der Waals surface area contributed by atoms with Gasteiger partial charge in [0, 0.05) is 6.04 Å². The van der Waals surface area contributed by atoms with E-state index in [2.05, 4.69) is 4.72 Å². The molecule has 2 aromatic carbocycles. The summed E-state index contributed by atoms with van der Waals surface area (Å²) in [6.45, 7) is -0.840. The van der Waals surface area contributed by atoms with Gasteiger partial charge in [-0.05, 0) is 49.2 Å². The van der Waals surface area contributed by atoms with Crippen molar-refractivity contribution in [3.63, 3.8) is 0 Å². The van der Waals surface area contributed by atoms with Crippen LogP contribution in [0, 0.1) is 11.6 Å². The number of esters is 1. The van der Waals surface area contributed by atoms with Gasteiger partial charge in [0.2, 0.25) is 15.8 Å². The first-order valence-corrected chi connectivity index (χ1v) is 11.1. The molecule has 2 aromatic rings. The van der Waals surface area contributed by atoms with Crippen molar-refractivity contribution < 1.29 is 36.3 Å². The molecule has 1 fully saturated rings. The third-order valence-corrected chi connectivity index (χ3v) is 6.47. The molecular weight excluding hydrogens is 432 g/mol. The summed E-state index contributed by atoms with van der Waals surface area (Å²) in [6, 6.07) is 5.84. The highest BCUT2D eigenvalue weighted by Crippen LogP contribution is 2.27. The zero-order valence-corrected chi connectivity index (χ0v) is 17.5. The smallest absolute Gasteiger partial charge is 0.338 e. The number of halogens is 2. The SMILES string of the molecule is COc1ccc(C(=O)OCC(=O)c2cc(F)ccc2F)cc1S(=O)(=O)NC1CCCC1. The van der Waals surface area contributed by atoms with Gasteiger partial charge in [0.15, 0.2) is 6.61 Å². The molecule has 7 nitrogen and oxygen atoms in total. The fraction of sp³-hybridized carbons (Fsp3) is 0.333. The number of benzene rings is 2. The van der Waals surface area contributed by atoms with E-state index in [1.165, 1.54) is 19.2 Å². The van der Waals surface area contributed by atoms with Crippen LogP contribution in [0.1, 0.15) is 46.4 Å². The summed E-state index contributed by atoms with van der Waals surface area (Å²) in [5.74, 6) is -3.64. The molecule has 166 valence electrons. The first-order valence-electron chi connectivity index (χ1n) is 9.57. The second-order valence-electron chi connectivity index (χ2n) is 7.09. The monoisotopic (exact) mass is 453 g/mol. The summed E-state index contributed by atoms with van der Waals surface area (Å²) >= 11 is 0. The van der Waals surface area contributed by atoms with Crippen molar-refractivity contribution >= 4 is 21.8 Å². The van der Waals surface area contributed by atoms with E-state index >= 15 is 0 Å². The molecule has 1 aliphatic carbocycles. The molecule has 0 aliphatic heterocycles. The number of carbonyl (C=O) groups excluding carboxylic acids is 2. The maximum Gasteiger partial charge on any atom is 0.338 e. The maximum atomic E-state index is 13.7. The fourth-order valence-corrected chi connectivity index (χ4v) is 4.84. The Labute approximate surface area is 178 Å². The third-order valence-electron chi connectivity index (χ3n) is 4.93. The van der Waals surface area contributed by atoms with Crippen molar-refractivity contribution in [2.75, 3.05) is 13.7 Å². The molecule has 0 heterocycles. The van der Waals surface area contributed by atoms with E-state index in [1.54, 1.807) is 0 Å². The molecule has 0 bridgehead atoms. The second kappa shape index (κ2) is 9.52. The molecule has 1 saturated carbocycles. The molecule has 0 amide bonds. The number of rotatable bonds is 8. The molecule has 0 saturated heterocycles. The minimum Gasteiger partial charge on any atom is -0.495 e. The van der Waals surface area contributed by atoms with Gasteiger partial charge in [-0.25, -0.2) is 26.7 Å². The van der Waals surface area contributed by atoms with Crippen molar-refractivity contribution in [2.24, 2.45) is 0 Å². The van der Waals surface area contributed by atoms with Crippen molar-refractivity contribution in [1.82, 2.24) is 4.72 Å². The predicted octanol–water partition coefficient (Wildman–Crippen LogP) is 3.23. The molecule has 0 radical (unpaired) electrons. The Morgan fingerprint density at radius 3 is 2.48 bits per heavy atom. The molecule has 0 aromatic heterocycles. The quantitative estimate of drug-likeness (QED) is 0.487. The van der Waals surface area contributed by atoms with Gasteiger partial charge >= 0.3 is 5.97 Å². The van der Waals surface area contributed by atoms with Crippen LogP contribution in [-0.4, -0.2) is 39.9 Å². The lowest BCUT2D eigenvalue weighted by molar-refractivity contribution is 0.0473. The Morgan fingerprint density at radius 1 is 1.10 bits per heavy atom. The number of Topliss-reactive ketones (excluding diaryl/α,β-unsaturated/α-hetero) is 1. The van der Waals surface area contributed by atoms with Gasteiger partial charge < -0.3 is 9.47 Å². The highest BCUT2D eigenvalue weighted by molar-refractivity contribution is 7.89. The number of nitrogens with one attached hydrogen (secondary N) is 1. The lowest BCUT2D eigenvalue weighted by Gasteiger charge is -2.15. The average Bonchev–Trinajstić information content (AvgIpc) is 3.25. The molecule has 0 atom stereocenters. The molecule has 0 spiro atoms. The van der Waals surface area contributed by atoms with Gasteiger partial charge in [0.25, 0.3) is 0 Å². The predicted molar refractivity (Wildman–Crippen MR) is 107 cm³/mol. The van der Waals surface area contributed by atoms with Gasteiger partial charge in [0.1, 0.15) is 22.3 Å². The molecular formula is C21H21F2NO6S. The molecule has 0 unspecified atom stereocenters. The van der Waals surface area contributed by atoms with E-state index in [0.717, 1.165) is 43.9 Å². The van der Waals surface area contributed by atoms with Crippen LogP contribution < -0.4 is 9.46 Å².